The third-order valence-corrected chi connectivity index (χ3v) is 1.80. The van der Waals surface area contributed by atoms with E-state index in [1.165, 1.54) is 0 Å². The molecule has 2 aromatic heterocycles. The van der Waals surface area contributed by atoms with E-state index in [9.17, 15) is 0 Å². The SMILES string of the molecule is Cc1cc2cc(Cl)cn2cn1. The van der Waals surface area contributed by atoms with Crippen LogP contribution in [0.1, 0.15) is 5.69 Å². The van der Waals surface area contributed by atoms with Gasteiger partial charge in [-0.05, 0) is 19.1 Å². The normalized spacial score (nSPS) is 10.7. The van der Waals surface area contributed by atoms with E-state index in [0.717, 1.165) is 16.2 Å². The number of fused-ring (bicyclic) bond motifs is 1. The molecule has 11 heavy (non-hydrogen) atoms. The monoisotopic (exact) mass is 166 g/mol. The molecule has 0 saturated carbocycles. The van der Waals surface area contributed by atoms with Crippen molar-refractivity contribution in [2.75, 3.05) is 0 Å². The van der Waals surface area contributed by atoms with Crippen LogP contribution in [-0.4, -0.2) is 9.38 Å². The van der Waals surface area contributed by atoms with Crippen molar-refractivity contribution >= 4 is 17.1 Å². The predicted molar refractivity (Wildman–Crippen MR) is 44.9 cm³/mol. The molecular formula is C8H7ClN2. The van der Waals surface area contributed by atoms with Crippen molar-refractivity contribution < 1.29 is 0 Å². The lowest BCUT2D eigenvalue weighted by Gasteiger charge is -1.93. The summed E-state index contributed by atoms with van der Waals surface area (Å²) < 4.78 is 1.90. The molecule has 0 atom stereocenters. The molecule has 0 aliphatic heterocycles. The van der Waals surface area contributed by atoms with Crippen molar-refractivity contribution in [1.29, 1.82) is 0 Å². The Morgan fingerprint density at radius 3 is 3.09 bits per heavy atom. The topological polar surface area (TPSA) is 17.3 Å². The summed E-state index contributed by atoms with van der Waals surface area (Å²) in [5, 5.41) is 0.748. The first-order valence-electron chi connectivity index (χ1n) is 3.35. The minimum absolute atomic E-state index is 0.748. The summed E-state index contributed by atoms with van der Waals surface area (Å²) in [5.41, 5.74) is 2.09. The Labute approximate surface area is 69.4 Å². The van der Waals surface area contributed by atoms with Crippen LogP contribution >= 0.6 is 11.6 Å². The summed E-state index contributed by atoms with van der Waals surface area (Å²) in [5.74, 6) is 0. The van der Waals surface area contributed by atoms with Crippen molar-refractivity contribution in [1.82, 2.24) is 9.38 Å². The highest BCUT2D eigenvalue weighted by Gasteiger charge is 1.95. The molecule has 0 radical (unpaired) electrons. The van der Waals surface area contributed by atoms with Gasteiger partial charge in [0, 0.05) is 17.4 Å². The first-order chi connectivity index (χ1) is 5.25. The van der Waals surface area contributed by atoms with Gasteiger partial charge in [0.15, 0.2) is 0 Å². The summed E-state index contributed by atoms with van der Waals surface area (Å²) in [6, 6.07) is 3.90. The molecule has 0 N–H and O–H groups in total. The van der Waals surface area contributed by atoms with Gasteiger partial charge in [-0.1, -0.05) is 11.6 Å². The van der Waals surface area contributed by atoms with Crippen molar-refractivity contribution in [3.05, 3.63) is 35.4 Å². The summed E-state index contributed by atoms with van der Waals surface area (Å²) in [6.07, 6.45) is 3.60. The molecule has 0 bridgehead atoms. The standard InChI is InChI=1S/C8H7ClN2/c1-6-2-8-3-7(9)4-11(8)5-10-6/h2-5H,1H3. The third kappa shape index (κ3) is 1.10. The number of hydrogen-bond acceptors (Lipinski definition) is 1. The maximum absolute atomic E-state index is 5.79. The Morgan fingerprint density at radius 2 is 2.27 bits per heavy atom. The average Bonchev–Trinajstić information content (AvgIpc) is 2.27. The lowest BCUT2D eigenvalue weighted by molar-refractivity contribution is 1.05. The Hall–Kier alpha value is -1.02. The van der Waals surface area contributed by atoms with Crippen molar-refractivity contribution in [2.45, 2.75) is 6.92 Å². The molecule has 0 aromatic carbocycles. The van der Waals surface area contributed by atoms with E-state index in [0.29, 0.717) is 0 Å². The molecular weight excluding hydrogens is 160 g/mol. The van der Waals surface area contributed by atoms with Gasteiger partial charge in [-0.2, -0.15) is 0 Å². The second kappa shape index (κ2) is 2.24. The minimum Gasteiger partial charge on any atom is -0.306 e. The highest BCUT2D eigenvalue weighted by molar-refractivity contribution is 6.31. The van der Waals surface area contributed by atoms with Crippen molar-refractivity contribution in [2.24, 2.45) is 0 Å². The van der Waals surface area contributed by atoms with Gasteiger partial charge in [-0.25, -0.2) is 4.98 Å². The minimum atomic E-state index is 0.748. The molecule has 2 heterocycles. The molecule has 3 heteroatoms. The highest BCUT2D eigenvalue weighted by Crippen LogP contribution is 2.14. The van der Waals surface area contributed by atoms with E-state index >= 15 is 0 Å². The Bertz CT molecular complexity index is 392. The third-order valence-electron chi connectivity index (χ3n) is 1.59. The quantitative estimate of drug-likeness (QED) is 0.587. The Kier molecular flexibility index (Phi) is 1.36. The molecule has 0 saturated heterocycles. The molecule has 0 unspecified atom stereocenters. The fourth-order valence-corrected chi connectivity index (χ4v) is 1.30. The van der Waals surface area contributed by atoms with Crippen LogP contribution in [0.25, 0.3) is 5.52 Å². The highest BCUT2D eigenvalue weighted by atomic mass is 35.5. The van der Waals surface area contributed by atoms with E-state index in [1.807, 2.05) is 29.7 Å². The number of aromatic nitrogens is 2. The van der Waals surface area contributed by atoms with E-state index in [2.05, 4.69) is 4.98 Å². The van der Waals surface area contributed by atoms with Gasteiger partial charge >= 0.3 is 0 Å². The van der Waals surface area contributed by atoms with E-state index in [-0.39, 0.29) is 0 Å². The molecule has 2 rings (SSSR count). The van der Waals surface area contributed by atoms with Gasteiger partial charge in [-0.3, -0.25) is 0 Å². The first-order valence-corrected chi connectivity index (χ1v) is 3.73. The van der Waals surface area contributed by atoms with E-state index in [4.69, 9.17) is 11.6 Å². The molecule has 0 spiro atoms. The number of aryl methyl sites for hydroxylation is 1. The maximum Gasteiger partial charge on any atom is 0.0994 e. The largest absolute Gasteiger partial charge is 0.306 e. The smallest absolute Gasteiger partial charge is 0.0994 e. The summed E-state index contributed by atoms with van der Waals surface area (Å²) >= 11 is 5.79. The number of rotatable bonds is 0. The zero-order valence-electron chi connectivity index (χ0n) is 6.08. The van der Waals surface area contributed by atoms with Gasteiger partial charge in [0.25, 0.3) is 0 Å². The number of halogens is 1. The maximum atomic E-state index is 5.79. The van der Waals surface area contributed by atoms with Crippen LogP contribution in [0.5, 0.6) is 0 Å². The lowest BCUT2D eigenvalue weighted by Crippen LogP contribution is -1.85. The molecule has 56 valence electrons. The zero-order valence-corrected chi connectivity index (χ0v) is 6.84. The molecule has 0 fully saturated rings. The zero-order chi connectivity index (χ0) is 7.84. The van der Waals surface area contributed by atoms with Gasteiger partial charge in [-0.15, -0.1) is 0 Å². The van der Waals surface area contributed by atoms with Gasteiger partial charge in [0.1, 0.15) is 0 Å². The number of hydrogen-bond donors (Lipinski definition) is 0. The molecule has 0 aliphatic carbocycles. The summed E-state index contributed by atoms with van der Waals surface area (Å²) in [7, 11) is 0. The molecule has 0 amide bonds. The van der Waals surface area contributed by atoms with Gasteiger partial charge in [0.05, 0.1) is 11.3 Å². The first kappa shape index (κ1) is 6.68. The summed E-state index contributed by atoms with van der Waals surface area (Å²) in [6.45, 7) is 1.96. The van der Waals surface area contributed by atoms with Crippen LogP contribution in [0.2, 0.25) is 5.02 Å². The van der Waals surface area contributed by atoms with Crippen molar-refractivity contribution in [3.8, 4) is 0 Å². The Balaban J connectivity index is 2.82. The van der Waals surface area contributed by atoms with Gasteiger partial charge in [0.2, 0.25) is 0 Å². The lowest BCUT2D eigenvalue weighted by atomic mass is 10.4. The predicted octanol–water partition coefficient (Wildman–Crippen LogP) is 2.30. The van der Waals surface area contributed by atoms with E-state index in [1.54, 1.807) is 6.33 Å². The second-order valence-electron chi connectivity index (χ2n) is 2.52. The summed E-state index contributed by atoms with van der Waals surface area (Å²) in [4.78, 5) is 4.12. The van der Waals surface area contributed by atoms with Crippen LogP contribution in [0.4, 0.5) is 0 Å². The number of nitrogens with zero attached hydrogens (tertiary/aromatic N) is 2. The van der Waals surface area contributed by atoms with Crippen LogP contribution in [0, 0.1) is 6.92 Å². The molecule has 2 nitrogen and oxygen atoms in total. The molecule has 2 aromatic rings. The van der Waals surface area contributed by atoms with Crippen LogP contribution in [-0.2, 0) is 0 Å². The second-order valence-corrected chi connectivity index (χ2v) is 2.96. The van der Waals surface area contributed by atoms with E-state index < -0.39 is 0 Å². The van der Waals surface area contributed by atoms with Crippen molar-refractivity contribution in [3.63, 3.8) is 0 Å². The Morgan fingerprint density at radius 1 is 1.45 bits per heavy atom. The van der Waals surface area contributed by atoms with Crippen LogP contribution < -0.4 is 0 Å². The van der Waals surface area contributed by atoms with Gasteiger partial charge < -0.3 is 4.40 Å². The van der Waals surface area contributed by atoms with Crippen LogP contribution in [0.3, 0.4) is 0 Å². The fourth-order valence-electron chi connectivity index (χ4n) is 1.08. The molecule has 0 aliphatic rings. The van der Waals surface area contributed by atoms with Crippen LogP contribution in [0.15, 0.2) is 24.7 Å². The average molecular weight is 167 g/mol. The fraction of sp³-hybridized carbons (Fsp3) is 0.125.